The Hall–Kier alpha value is -2.18. The molecule has 0 saturated heterocycles. The lowest BCUT2D eigenvalue weighted by atomic mass is 10.0. The highest BCUT2D eigenvalue weighted by molar-refractivity contribution is 6.32. The van der Waals surface area contributed by atoms with Gasteiger partial charge in [0, 0.05) is 31.5 Å². The van der Waals surface area contributed by atoms with E-state index in [0.717, 1.165) is 0 Å². The Bertz CT molecular complexity index is 737. The fraction of sp³-hybridized carbons (Fsp3) is 0.333. The molecule has 0 spiro atoms. The van der Waals surface area contributed by atoms with Crippen LogP contribution >= 0.6 is 11.6 Å². The predicted octanol–water partition coefficient (Wildman–Crippen LogP) is 3.19. The number of carbonyl (C=O) groups excluding carboxylic acids is 2. The van der Waals surface area contributed by atoms with E-state index in [1.54, 1.807) is 14.0 Å². The van der Waals surface area contributed by atoms with E-state index in [-0.39, 0.29) is 21.7 Å². The molecule has 1 heterocycles. The van der Waals surface area contributed by atoms with Crippen LogP contribution in [-0.2, 0) is 19.1 Å². The van der Waals surface area contributed by atoms with Gasteiger partial charge >= 0.3 is 5.97 Å². The normalized spacial score (nSPS) is 16.1. The number of methoxy groups -OCH3 is 2. The molecule has 0 bridgehead atoms. The first-order valence-corrected chi connectivity index (χ1v) is 8.06. The van der Waals surface area contributed by atoms with Gasteiger partial charge in [-0.1, -0.05) is 17.7 Å². The summed E-state index contributed by atoms with van der Waals surface area (Å²) in [5, 5.41) is 0.153. The monoisotopic (exact) mass is 367 g/mol. The summed E-state index contributed by atoms with van der Waals surface area (Å²) in [6, 6.07) is 4.22. The highest BCUT2D eigenvalue weighted by Gasteiger charge is 2.36. The molecule has 2 rings (SSSR count). The standard InChI is InChI=1S/C18H19ClFNO4/c1-11-16(18(23)25-3)13(17(22)21(11)8-5-9-24-2)10-12-14(19)6-4-7-15(12)20/h4,6-7,10H,5,8-9H2,1-3H3. The van der Waals surface area contributed by atoms with Crippen LogP contribution in [0, 0.1) is 5.82 Å². The highest BCUT2D eigenvalue weighted by Crippen LogP contribution is 2.33. The third kappa shape index (κ3) is 3.91. The van der Waals surface area contributed by atoms with Crippen molar-refractivity contribution in [3.63, 3.8) is 0 Å². The second-order valence-electron chi connectivity index (χ2n) is 5.45. The summed E-state index contributed by atoms with van der Waals surface area (Å²) in [5.41, 5.74) is 0.699. The molecular formula is C18H19ClFNO4. The number of ether oxygens (including phenoxy) is 2. The molecule has 1 aliphatic rings. The van der Waals surface area contributed by atoms with Gasteiger partial charge in [-0.15, -0.1) is 0 Å². The molecule has 0 saturated carbocycles. The van der Waals surface area contributed by atoms with Gasteiger partial charge in [-0.05, 0) is 31.6 Å². The average molecular weight is 368 g/mol. The van der Waals surface area contributed by atoms with Crippen LogP contribution in [0.4, 0.5) is 4.39 Å². The molecule has 7 heteroatoms. The summed E-state index contributed by atoms with van der Waals surface area (Å²) in [6.45, 7) is 2.50. The van der Waals surface area contributed by atoms with Gasteiger partial charge in [-0.3, -0.25) is 4.79 Å². The maximum atomic E-state index is 14.1. The largest absolute Gasteiger partial charge is 0.465 e. The van der Waals surface area contributed by atoms with Gasteiger partial charge in [-0.2, -0.15) is 0 Å². The van der Waals surface area contributed by atoms with Crippen LogP contribution in [0.2, 0.25) is 5.02 Å². The number of benzene rings is 1. The van der Waals surface area contributed by atoms with E-state index < -0.39 is 17.7 Å². The van der Waals surface area contributed by atoms with Crippen molar-refractivity contribution < 1.29 is 23.5 Å². The van der Waals surface area contributed by atoms with E-state index in [1.807, 2.05) is 0 Å². The van der Waals surface area contributed by atoms with Gasteiger partial charge in [0.05, 0.1) is 23.3 Å². The summed E-state index contributed by atoms with van der Waals surface area (Å²) in [7, 11) is 2.80. The topological polar surface area (TPSA) is 55.8 Å². The Balaban J connectivity index is 2.50. The third-order valence-corrected chi connectivity index (χ3v) is 4.25. The zero-order valence-electron chi connectivity index (χ0n) is 14.3. The van der Waals surface area contributed by atoms with E-state index >= 15 is 0 Å². The molecule has 0 unspecified atom stereocenters. The lowest BCUT2D eigenvalue weighted by Crippen LogP contribution is -2.27. The fourth-order valence-corrected chi connectivity index (χ4v) is 2.87. The maximum absolute atomic E-state index is 14.1. The second-order valence-corrected chi connectivity index (χ2v) is 5.86. The number of nitrogens with zero attached hydrogens (tertiary/aromatic N) is 1. The zero-order chi connectivity index (χ0) is 18.6. The Kier molecular flexibility index (Phi) is 6.33. The molecule has 0 N–H and O–H groups in total. The fourth-order valence-electron chi connectivity index (χ4n) is 2.66. The quantitative estimate of drug-likeness (QED) is 0.440. The summed E-state index contributed by atoms with van der Waals surface area (Å²) in [6.07, 6.45) is 1.90. The van der Waals surface area contributed by atoms with Gasteiger partial charge in [0.2, 0.25) is 0 Å². The van der Waals surface area contributed by atoms with E-state index in [9.17, 15) is 14.0 Å². The van der Waals surface area contributed by atoms with Crippen molar-refractivity contribution in [2.45, 2.75) is 13.3 Å². The van der Waals surface area contributed by atoms with Crippen LogP contribution in [-0.4, -0.2) is 44.1 Å². The molecule has 1 amide bonds. The first-order chi connectivity index (χ1) is 11.9. The summed E-state index contributed by atoms with van der Waals surface area (Å²) >= 11 is 6.03. The number of rotatable bonds is 6. The minimum absolute atomic E-state index is 0.0560. The number of allylic oxidation sites excluding steroid dienone is 1. The van der Waals surface area contributed by atoms with Gasteiger partial charge in [0.25, 0.3) is 5.91 Å². The molecule has 0 radical (unpaired) electrons. The smallest absolute Gasteiger partial charge is 0.340 e. The van der Waals surface area contributed by atoms with E-state index in [2.05, 4.69) is 0 Å². The first-order valence-electron chi connectivity index (χ1n) is 7.68. The summed E-state index contributed by atoms with van der Waals surface area (Å²) in [5.74, 6) is -1.63. The first kappa shape index (κ1) is 19.1. The van der Waals surface area contributed by atoms with Crippen molar-refractivity contribution in [2.75, 3.05) is 27.4 Å². The van der Waals surface area contributed by atoms with E-state index in [4.69, 9.17) is 21.1 Å². The molecule has 1 aromatic carbocycles. The van der Waals surface area contributed by atoms with Crippen molar-refractivity contribution in [1.82, 2.24) is 4.90 Å². The van der Waals surface area contributed by atoms with Crippen molar-refractivity contribution >= 4 is 29.6 Å². The molecule has 0 fully saturated rings. The van der Waals surface area contributed by atoms with Crippen molar-refractivity contribution in [3.05, 3.63) is 51.4 Å². The molecule has 5 nitrogen and oxygen atoms in total. The molecule has 1 aliphatic heterocycles. The zero-order valence-corrected chi connectivity index (χ0v) is 15.0. The van der Waals surface area contributed by atoms with Crippen LogP contribution < -0.4 is 0 Å². The van der Waals surface area contributed by atoms with E-state index in [1.165, 1.54) is 36.3 Å². The van der Waals surface area contributed by atoms with Crippen molar-refractivity contribution in [2.24, 2.45) is 0 Å². The lowest BCUT2D eigenvalue weighted by Gasteiger charge is -2.17. The molecule has 0 aliphatic carbocycles. The average Bonchev–Trinajstić information content (AvgIpc) is 2.82. The van der Waals surface area contributed by atoms with Crippen LogP contribution in [0.3, 0.4) is 0 Å². The van der Waals surface area contributed by atoms with Gasteiger partial charge in [-0.25, -0.2) is 9.18 Å². The van der Waals surface area contributed by atoms with Crippen LogP contribution in [0.1, 0.15) is 18.9 Å². The Morgan fingerprint density at radius 2 is 2.08 bits per heavy atom. The molecule has 0 aromatic heterocycles. The number of amides is 1. The molecule has 1 aromatic rings. The van der Waals surface area contributed by atoms with Crippen molar-refractivity contribution in [1.29, 1.82) is 0 Å². The Labute approximate surface area is 150 Å². The lowest BCUT2D eigenvalue weighted by molar-refractivity contribution is -0.136. The Morgan fingerprint density at radius 3 is 2.68 bits per heavy atom. The number of hydrogen-bond donors (Lipinski definition) is 0. The number of hydrogen-bond acceptors (Lipinski definition) is 4. The van der Waals surface area contributed by atoms with Crippen LogP contribution in [0.5, 0.6) is 0 Å². The molecule has 0 atom stereocenters. The van der Waals surface area contributed by atoms with Gasteiger partial charge in [0.1, 0.15) is 5.82 Å². The molecule has 25 heavy (non-hydrogen) atoms. The van der Waals surface area contributed by atoms with Gasteiger partial charge < -0.3 is 14.4 Å². The third-order valence-electron chi connectivity index (χ3n) is 3.92. The molecular weight excluding hydrogens is 349 g/mol. The SMILES string of the molecule is COCCCN1C(=O)C(=Cc2c(F)cccc2Cl)C(C(=O)OC)=C1C. The Morgan fingerprint density at radius 1 is 1.36 bits per heavy atom. The number of esters is 1. The summed E-state index contributed by atoms with van der Waals surface area (Å²) < 4.78 is 23.9. The predicted molar refractivity (Wildman–Crippen MR) is 92.3 cm³/mol. The maximum Gasteiger partial charge on any atom is 0.340 e. The number of halogens is 2. The summed E-state index contributed by atoms with van der Waals surface area (Å²) in [4.78, 5) is 26.4. The highest BCUT2D eigenvalue weighted by atomic mass is 35.5. The minimum Gasteiger partial charge on any atom is -0.465 e. The second kappa shape index (κ2) is 8.27. The molecule has 134 valence electrons. The van der Waals surface area contributed by atoms with Crippen LogP contribution in [0.15, 0.2) is 35.0 Å². The number of carbonyl (C=O) groups is 2. The van der Waals surface area contributed by atoms with Gasteiger partial charge in [0.15, 0.2) is 0 Å². The van der Waals surface area contributed by atoms with E-state index in [0.29, 0.717) is 25.3 Å². The van der Waals surface area contributed by atoms with Crippen LogP contribution in [0.25, 0.3) is 6.08 Å². The van der Waals surface area contributed by atoms with Crippen molar-refractivity contribution in [3.8, 4) is 0 Å². The minimum atomic E-state index is -0.654.